The Kier molecular flexibility index (Phi) is 7.95. The first-order valence-corrected chi connectivity index (χ1v) is 9.47. The summed E-state index contributed by atoms with van der Waals surface area (Å²) in [6.45, 7) is 3.65. The Morgan fingerprint density at radius 1 is 1.07 bits per heavy atom. The van der Waals surface area contributed by atoms with Crippen LogP contribution in [0.25, 0.3) is 0 Å². The number of nitrogens with one attached hydrogen (secondary N) is 2. The van der Waals surface area contributed by atoms with Crippen LogP contribution in [0.2, 0.25) is 10.0 Å². The van der Waals surface area contributed by atoms with Crippen LogP contribution in [0.5, 0.6) is 5.75 Å². The molecule has 2 N–H and O–H groups in total. The van der Waals surface area contributed by atoms with Crippen molar-refractivity contribution < 1.29 is 14.3 Å². The van der Waals surface area contributed by atoms with E-state index in [1.54, 1.807) is 49.4 Å². The Balaban J connectivity index is 1.96. The zero-order valence-corrected chi connectivity index (χ0v) is 16.7. The molecule has 0 aromatic heterocycles. The van der Waals surface area contributed by atoms with Gasteiger partial charge in [-0.25, -0.2) is 0 Å². The minimum atomic E-state index is -0.772. The first-order valence-electron chi connectivity index (χ1n) is 8.71. The minimum Gasteiger partial charge on any atom is -0.479 e. The normalized spacial score (nSPS) is 11.6. The maximum absolute atomic E-state index is 12.4. The molecule has 0 radical (unpaired) electrons. The molecule has 1 atom stereocenters. The van der Waals surface area contributed by atoms with Crippen LogP contribution in [-0.4, -0.2) is 17.9 Å². The zero-order valence-electron chi connectivity index (χ0n) is 15.2. The molecule has 2 aromatic rings. The lowest BCUT2D eigenvalue weighted by molar-refractivity contribution is -0.122. The van der Waals surface area contributed by atoms with Gasteiger partial charge < -0.3 is 15.4 Å². The van der Waals surface area contributed by atoms with Gasteiger partial charge in [0.25, 0.3) is 5.91 Å². The molecular formula is C20H22Cl2N2O3. The van der Waals surface area contributed by atoms with Gasteiger partial charge in [-0.2, -0.15) is 0 Å². The second-order valence-corrected chi connectivity index (χ2v) is 6.90. The van der Waals surface area contributed by atoms with Crippen LogP contribution in [-0.2, 0) is 9.59 Å². The third kappa shape index (κ3) is 6.77. The molecule has 2 aromatic carbocycles. The van der Waals surface area contributed by atoms with Gasteiger partial charge in [0.1, 0.15) is 5.75 Å². The average molecular weight is 409 g/mol. The summed E-state index contributed by atoms with van der Waals surface area (Å²) in [5, 5.41) is 6.41. The molecule has 0 heterocycles. The first kappa shape index (κ1) is 21.1. The maximum Gasteiger partial charge on any atom is 0.265 e. The van der Waals surface area contributed by atoms with Crippen molar-refractivity contribution in [2.45, 2.75) is 39.2 Å². The molecule has 0 aliphatic heterocycles. The van der Waals surface area contributed by atoms with E-state index < -0.39 is 6.10 Å². The van der Waals surface area contributed by atoms with Crippen molar-refractivity contribution in [2.24, 2.45) is 0 Å². The number of halogens is 2. The molecule has 0 saturated heterocycles. The molecule has 27 heavy (non-hydrogen) atoms. The van der Waals surface area contributed by atoms with E-state index in [2.05, 4.69) is 10.6 Å². The fraction of sp³-hybridized carbons (Fsp3) is 0.300. The highest BCUT2D eigenvalue weighted by Gasteiger charge is 2.17. The highest BCUT2D eigenvalue weighted by atomic mass is 35.5. The van der Waals surface area contributed by atoms with E-state index in [-0.39, 0.29) is 11.8 Å². The molecule has 5 nitrogen and oxygen atoms in total. The Bertz CT molecular complexity index is 812. The predicted octanol–water partition coefficient (Wildman–Crippen LogP) is 5.53. The van der Waals surface area contributed by atoms with Crippen LogP contribution >= 0.6 is 23.2 Å². The molecule has 2 amide bonds. The Morgan fingerprint density at radius 2 is 1.78 bits per heavy atom. The Morgan fingerprint density at radius 3 is 2.44 bits per heavy atom. The van der Waals surface area contributed by atoms with Gasteiger partial charge in [-0.3, -0.25) is 9.59 Å². The molecule has 144 valence electrons. The standard InChI is InChI=1S/C20H22Cl2N2O3/c1-3-4-8-19(25)23-15-6-5-7-16(12-15)24-20(26)13(2)27-18-10-9-14(21)11-17(18)22/h5-7,9-13H,3-4,8H2,1-2H3,(H,23,25)(H,24,26). The van der Waals surface area contributed by atoms with E-state index in [1.807, 2.05) is 6.92 Å². The van der Waals surface area contributed by atoms with Crippen molar-refractivity contribution in [1.29, 1.82) is 0 Å². The molecule has 0 bridgehead atoms. The average Bonchev–Trinajstić information content (AvgIpc) is 2.62. The number of carbonyl (C=O) groups excluding carboxylic acids is 2. The summed E-state index contributed by atoms with van der Waals surface area (Å²) in [7, 11) is 0. The molecule has 2 rings (SSSR count). The fourth-order valence-electron chi connectivity index (χ4n) is 2.29. The molecule has 7 heteroatoms. The highest BCUT2D eigenvalue weighted by Crippen LogP contribution is 2.28. The van der Waals surface area contributed by atoms with E-state index in [0.29, 0.717) is 33.6 Å². The summed E-state index contributed by atoms with van der Waals surface area (Å²) >= 11 is 11.9. The van der Waals surface area contributed by atoms with Gasteiger partial charge in [0, 0.05) is 22.8 Å². The SMILES string of the molecule is CCCCC(=O)Nc1cccc(NC(=O)C(C)Oc2ccc(Cl)cc2Cl)c1. The quantitative estimate of drug-likeness (QED) is 0.603. The molecule has 1 unspecified atom stereocenters. The smallest absolute Gasteiger partial charge is 0.265 e. The zero-order chi connectivity index (χ0) is 19.8. The topological polar surface area (TPSA) is 67.4 Å². The number of anilines is 2. The summed E-state index contributed by atoms with van der Waals surface area (Å²) in [5.41, 5.74) is 1.19. The number of ether oxygens (including phenoxy) is 1. The van der Waals surface area contributed by atoms with Gasteiger partial charge in [0.05, 0.1) is 5.02 Å². The molecule has 0 aliphatic rings. The van der Waals surface area contributed by atoms with Crippen molar-refractivity contribution in [2.75, 3.05) is 10.6 Å². The Labute approximate surface area is 169 Å². The maximum atomic E-state index is 12.4. The lowest BCUT2D eigenvalue weighted by Crippen LogP contribution is -2.30. The molecule has 0 aliphatic carbocycles. The van der Waals surface area contributed by atoms with E-state index in [0.717, 1.165) is 12.8 Å². The van der Waals surface area contributed by atoms with Crippen LogP contribution in [0.3, 0.4) is 0 Å². The number of benzene rings is 2. The van der Waals surface area contributed by atoms with Crippen molar-refractivity contribution in [3.8, 4) is 5.75 Å². The van der Waals surface area contributed by atoms with E-state index in [4.69, 9.17) is 27.9 Å². The van der Waals surface area contributed by atoms with E-state index in [9.17, 15) is 9.59 Å². The third-order valence-corrected chi connectivity index (χ3v) is 4.27. The summed E-state index contributed by atoms with van der Waals surface area (Å²) in [6, 6.07) is 11.8. The fourth-order valence-corrected chi connectivity index (χ4v) is 2.75. The monoisotopic (exact) mass is 408 g/mol. The van der Waals surface area contributed by atoms with Gasteiger partial charge in [0.2, 0.25) is 5.91 Å². The van der Waals surface area contributed by atoms with Crippen molar-refractivity contribution in [3.05, 3.63) is 52.5 Å². The summed E-state index contributed by atoms with van der Waals surface area (Å²) in [6.07, 6.45) is 1.50. The van der Waals surface area contributed by atoms with Gasteiger partial charge in [-0.05, 0) is 49.7 Å². The third-order valence-electron chi connectivity index (χ3n) is 3.74. The van der Waals surface area contributed by atoms with Crippen LogP contribution in [0, 0.1) is 0 Å². The lowest BCUT2D eigenvalue weighted by Gasteiger charge is -2.16. The van der Waals surface area contributed by atoms with Gasteiger partial charge in [-0.15, -0.1) is 0 Å². The molecule has 0 fully saturated rings. The summed E-state index contributed by atoms with van der Waals surface area (Å²) < 4.78 is 5.60. The van der Waals surface area contributed by atoms with Crippen LogP contribution in [0.1, 0.15) is 33.1 Å². The first-order chi connectivity index (χ1) is 12.9. The molecule has 0 spiro atoms. The van der Waals surface area contributed by atoms with Gasteiger partial charge >= 0.3 is 0 Å². The second kappa shape index (κ2) is 10.2. The number of unbranched alkanes of at least 4 members (excludes halogenated alkanes) is 1. The Hall–Kier alpha value is -2.24. The van der Waals surface area contributed by atoms with Gasteiger partial charge in [0.15, 0.2) is 6.10 Å². The van der Waals surface area contributed by atoms with Crippen LogP contribution in [0.4, 0.5) is 11.4 Å². The van der Waals surface area contributed by atoms with Crippen molar-refractivity contribution in [3.63, 3.8) is 0 Å². The van der Waals surface area contributed by atoms with Gasteiger partial charge in [-0.1, -0.05) is 42.6 Å². The number of hydrogen-bond donors (Lipinski definition) is 2. The highest BCUT2D eigenvalue weighted by molar-refractivity contribution is 6.35. The van der Waals surface area contributed by atoms with E-state index in [1.165, 1.54) is 0 Å². The molecule has 0 saturated carbocycles. The number of rotatable bonds is 8. The predicted molar refractivity (Wildman–Crippen MR) is 110 cm³/mol. The largest absolute Gasteiger partial charge is 0.479 e. The summed E-state index contributed by atoms with van der Waals surface area (Å²) in [5.74, 6) is -0.00876. The lowest BCUT2D eigenvalue weighted by atomic mass is 10.2. The summed E-state index contributed by atoms with van der Waals surface area (Å²) in [4.78, 5) is 24.2. The minimum absolute atomic E-state index is 0.0468. The number of hydrogen-bond acceptors (Lipinski definition) is 3. The van der Waals surface area contributed by atoms with E-state index >= 15 is 0 Å². The molecular weight excluding hydrogens is 387 g/mol. The number of carbonyl (C=O) groups is 2. The van der Waals surface area contributed by atoms with Crippen LogP contribution < -0.4 is 15.4 Å². The van der Waals surface area contributed by atoms with Crippen molar-refractivity contribution in [1.82, 2.24) is 0 Å². The van der Waals surface area contributed by atoms with Crippen LogP contribution in [0.15, 0.2) is 42.5 Å². The second-order valence-electron chi connectivity index (χ2n) is 6.06. The van der Waals surface area contributed by atoms with Crippen molar-refractivity contribution >= 4 is 46.4 Å². The number of amides is 2.